The lowest BCUT2D eigenvalue weighted by Crippen LogP contribution is -2.17. The molecule has 0 saturated heterocycles. The van der Waals surface area contributed by atoms with Gasteiger partial charge in [0.05, 0.1) is 27.7 Å². The number of halogens is 3. The molecule has 2 N–H and O–H groups in total. The number of rotatable bonds is 10. The first-order chi connectivity index (χ1) is 16.0. The molecule has 3 aromatic carbocycles. The molecule has 0 radical (unpaired) electrons. The van der Waals surface area contributed by atoms with E-state index in [0.717, 1.165) is 35.4 Å². The molecule has 5 nitrogen and oxygen atoms in total. The van der Waals surface area contributed by atoms with Gasteiger partial charge in [0.1, 0.15) is 18.2 Å². The number of hydrogen-bond donors (Lipinski definition) is 2. The molecule has 0 aliphatic rings. The van der Waals surface area contributed by atoms with Gasteiger partial charge in [-0.15, -0.1) is 0 Å². The zero-order chi connectivity index (χ0) is 23.2. The topological polar surface area (TPSA) is 59.2 Å². The lowest BCUT2D eigenvalue weighted by Gasteiger charge is -2.16. The maximum Gasteiger partial charge on any atom is 0.180 e. The van der Waals surface area contributed by atoms with Crippen LogP contribution in [-0.4, -0.2) is 23.1 Å². The molecule has 0 unspecified atom stereocenters. The summed E-state index contributed by atoms with van der Waals surface area (Å²) in [6, 6.07) is 15.9. The normalized spacial score (nSPS) is 11.2. The fourth-order valence-electron chi connectivity index (χ4n) is 3.48. The minimum absolute atomic E-state index is 0.147. The second kappa shape index (κ2) is 10.9. The lowest BCUT2D eigenvalue weighted by molar-refractivity contribution is 0.269. The fourth-order valence-corrected chi connectivity index (χ4v) is 3.99. The summed E-state index contributed by atoms with van der Waals surface area (Å²) in [7, 11) is 0. The van der Waals surface area contributed by atoms with E-state index in [1.807, 2.05) is 43.3 Å². The van der Waals surface area contributed by atoms with Crippen molar-refractivity contribution in [2.75, 3.05) is 13.2 Å². The summed E-state index contributed by atoms with van der Waals surface area (Å²) in [6.45, 7) is 3.88. The second-order valence-electron chi connectivity index (χ2n) is 7.49. The van der Waals surface area contributed by atoms with Gasteiger partial charge in [0, 0.05) is 25.1 Å². The first-order valence-corrected chi connectivity index (χ1v) is 11.5. The molecule has 0 bridgehead atoms. The van der Waals surface area contributed by atoms with Crippen LogP contribution in [-0.2, 0) is 19.6 Å². The standard InChI is InChI=1S/C25H24Cl2FN3O2/c1-2-32-23-12-16(14-29-10-9-24-30-21-5-3-4-6-22(21)31-24)11-20(27)25(23)33-15-17-7-8-18(28)13-19(17)26/h3-8,11-13,29H,2,9-10,14-15H2,1H3,(H,30,31). The van der Waals surface area contributed by atoms with Crippen LogP contribution in [0.1, 0.15) is 23.9 Å². The van der Waals surface area contributed by atoms with Crippen LogP contribution < -0.4 is 14.8 Å². The van der Waals surface area contributed by atoms with Gasteiger partial charge >= 0.3 is 0 Å². The Kier molecular flexibility index (Phi) is 7.70. The van der Waals surface area contributed by atoms with Gasteiger partial charge in [0.15, 0.2) is 11.5 Å². The van der Waals surface area contributed by atoms with Gasteiger partial charge in [0.2, 0.25) is 0 Å². The van der Waals surface area contributed by atoms with Crippen molar-refractivity contribution in [1.29, 1.82) is 0 Å². The molecule has 0 saturated carbocycles. The van der Waals surface area contributed by atoms with Gasteiger partial charge in [-0.05, 0) is 48.9 Å². The monoisotopic (exact) mass is 487 g/mol. The van der Waals surface area contributed by atoms with Crippen LogP contribution in [0.2, 0.25) is 10.0 Å². The van der Waals surface area contributed by atoms with E-state index in [0.29, 0.717) is 40.3 Å². The molecule has 33 heavy (non-hydrogen) atoms. The number of imidazole rings is 1. The lowest BCUT2D eigenvalue weighted by atomic mass is 10.2. The number of benzene rings is 3. The summed E-state index contributed by atoms with van der Waals surface area (Å²) < 4.78 is 24.9. The number of aromatic amines is 1. The Labute approximate surface area is 201 Å². The van der Waals surface area contributed by atoms with Crippen molar-refractivity contribution in [3.8, 4) is 11.5 Å². The van der Waals surface area contributed by atoms with Crippen molar-refractivity contribution < 1.29 is 13.9 Å². The minimum atomic E-state index is -0.394. The average molecular weight is 488 g/mol. The Bertz CT molecular complexity index is 1210. The highest BCUT2D eigenvalue weighted by Crippen LogP contribution is 2.37. The van der Waals surface area contributed by atoms with Crippen molar-refractivity contribution in [2.45, 2.75) is 26.5 Å². The van der Waals surface area contributed by atoms with E-state index in [4.69, 9.17) is 32.7 Å². The Morgan fingerprint density at radius 1 is 1.03 bits per heavy atom. The molecule has 0 spiro atoms. The molecule has 0 aliphatic carbocycles. The number of aromatic nitrogens is 2. The van der Waals surface area contributed by atoms with Crippen LogP contribution >= 0.6 is 23.2 Å². The van der Waals surface area contributed by atoms with E-state index < -0.39 is 5.82 Å². The van der Waals surface area contributed by atoms with Gasteiger partial charge in [0.25, 0.3) is 0 Å². The van der Waals surface area contributed by atoms with Crippen molar-refractivity contribution in [3.05, 3.63) is 87.4 Å². The van der Waals surface area contributed by atoms with E-state index in [-0.39, 0.29) is 6.61 Å². The maximum absolute atomic E-state index is 13.3. The first kappa shape index (κ1) is 23.4. The number of nitrogens with zero attached hydrogens (tertiary/aromatic N) is 1. The predicted octanol–water partition coefficient (Wildman–Crippen LogP) is 6.32. The van der Waals surface area contributed by atoms with Crippen LogP contribution in [0.15, 0.2) is 54.6 Å². The molecule has 0 amide bonds. The van der Waals surface area contributed by atoms with Crippen molar-refractivity contribution in [3.63, 3.8) is 0 Å². The molecule has 0 aliphatic heterocycles. The largest absolute Gasteiger partial charge is 0.490 e. The smallest absolute Gasteiger partial charge is 0.180 e. The number of hydrogen-bond acceptors (Lipinski definition) is 4. The zero-order valence-corrected chi connectivity index (χ0v) is 19.6. The van der Waals surface area contributed by atoms with Crippen LogP contribution in [0.4, 0.5) is 4.39 Å². The van der Waals surface area contributed by atoms with Crippen molar-refractivity contribution >= 4 is 34.2 Å². The Balaban J connectivity index is 1.38. The Morgan fingerprint density at radius 3 is 2.67 bits per heavy atom. The van der Waals surface area contributed by atoms with Gasteiger partial charge in [-0.3, -0.25) is 0 Å². The minimum Gasteiger partial charge on any atom is -0.490 e. The van der Waals surface area contributed by atoms with Gasteiger partial charge in [-0.2, -0.15) is 0 Å². The molecule has 4 aromatic rings. The van der Waals surface area contributed by atoms with Crippen LogP contribution in [0.25, 0.3) is 11.0 Å². The van der Waals surface area contributed by atoms with Crippen LogP contribution in [0.5, 0.6) is 11.5 Å². The summed E-state index contributed by atoms with van der Waals surface area (Å²) in [5.41, 5.74) is 3.64. The van der Waals surface area contributed by atoms with Crippen LogP contribution in [0, 0.1) is 5.82 Å². The van der Waals surface area contributed by atoms with Crippen LogP contribution in [0.3, 0.4) is 0 Å². The van der Waals surface area contributed by atoms with Gasteiger partial charge in [-0.1, -0.05) is 41.4 Å². The molecule has 0 atom stereocenters. The summed E-state index contributed by atoms with van der Waals surface area (Å²) in [4.78, 5) is 7.93. The Hall–Kier alpha value is -2.80. The molecule has 1 heterocycles. The fraction of sp³-hybridized carbons (Fsp3) is 0.240. The third-order valence-electron chi connectivity index (χ3n) is 5.06. The van der Waals surface area contributed by atoms with Gasteiger partial charge < -0.3 is 19.8 Å². The molecule has 172 valence electrons. The van der Waals surface area contributed by atoms with Crippen molar-refractivity contribution in [2.24, 2.45) is 0 Å². The highest BCUT2D eigenvalue weighted by atomic mass is 35.5. The summed E-state index contributed by atoms with van der Waals surface area (Å²) in [5.74, 6) is 1.54. The molecule has 8 heteroatoms. The van der Waals surface area contributed by atoms with E-state index in [1.165, 1.54) is 12.1 Å². The quantitative estimate of drug-likeness (QED) is 0.257. The average Bonchev–Trinajstić information content (AvgIpc) is 3.20. The first-order valence-electron chi connectivity index (χ1n) is 10.7. The van der Waals surface area contributed by atoms with E-state index in [2.05, 4.69) is 15.3 Å². The van der Waals surface area contributed by atoms with Crippen molar-refractivity contribution in [1.82, 2.24) is 15.3 Å². The number of nitrogens with one attached hydrogen (secondary N) is 2. The highest BCUT2D eigenvalue weighted by molar-refractivity contribution is 6.32. The number of ether oxygens (including phenoxy) is 2. The third-order valence-corrected chi connectivity index (χ3v) is 5.70. The van der Waals surface area contributed by atoms with E-state index in [1.54, 1.807) is 6.07 Å². The van der Waals surface area contributed by atoms with Gasteiger partial charge in [-0.25, -0.2) is 9.37 Å². The highest BCUT2D eigenvalue weighted by Gasteiger charge is 2.14. The van der Waals surface area contributed by atoms with E-state index >= 15 is 0 Å². The third kappa shape index (κ3) is 5.96. The maximum atomic E-state index is 13.3. The number of fused-ring (bicyclic) bond motifs is 1. The molecular weight excluding hydrogens is 464 g/mol. The number of para-hydroxylation sites is 2. The molecule has 0 fully saturated rings. The molecule has 1 aromatic heterocycles. The SMILES string of the molecule is CCOc1cc(CNCCc2nc3ccccc3[nH]2)cc(Cl)c1OCc1ccc(F)cc1Cl. The summed E-state index contributed by atoms with van der Waals surface area (Å²) in [6.07, 6.45) is 0.778. The summed E-state index contributed by atoms with van der Waals surface area (Å²) >= 11 is 12.6. The van der Waals surface area contributed by atoms with E-state index in [9.17, 15) is 4.39 Å². The number of H-pyrrole nitrogens is 1. The molecule has 4 rings (SSSR count). The predicted molar refractivity (Wildman–Crippen MR) is 130 cm³/mol. The summed E-state index contributed by atoms with van der Waals surface area (Å²) in [5, 5.41) is 4.15. The second-order valence-corrected chi connectivity index (χ2v) is 8.30. The Morgan fingerprint density at radius 2 is 1.88 bits per heavy atom. The molecular formula is C25H24Cl2FN3O2. The zero-order valence-electron chi connectivity index (χ0n) is 18.1.